The van der Waals surface area contributed by atoms with Gasteiger partial charge in [-0.1, -0.05) is 0 Å². The summed E-state index contributed by atoms with van der Waals surface area (Å²) in [6.07, 6.45) is 23.7. The van der Waals surface area contributed by atoms with Crippen LogP contribution in [0, 0.1) is 5.41 Å². The first kappa shape index (κ1) is 25.4. The van der Waals surface area contributed by atoms with E-state index >= 15 is 0 Å². The van der Waals surface area contributed by atoms with Gasteiger partial charge in [-0.05, 0) is 0 Å². The molecule has 0 amide bonds. The van der Waals surface area contributed by atoms with E-state index in [2.05, 4.69) is 102 Å². The van der Waals surface area contributed by atoms with Crippen LogP contribution in [0.4, 0.5) is 0 Å². The van der Waals surface area contributed by atoms with Gasteiger partial charge in [-0.25, -0.2) is 0 Å². The Labute approximate surface area is 193 Å². The first-order valence-electron chi connectivity index (χ1n) is 14.1. The minimum atomic E-state index is -5.65. The second kappa shape index (κ2) is 4.81. The number of hydrogen-bond donors (Lipinski definition) is 0. The van der Waals surface area contributed by atoms with Gasteiger partial charge in [0, 0.05) is 0 Å². The molecular weight excluding hydrogens is 563 g/mol. The molecule has 1 aromatic rings. The molecule has 0 nitrogen and oxygen atoms in total. The molecule has 33 heavy (non-hydrogen) atoms. The zero-order chi connectivity index (χ0) is 24.8. The Morgan fingerprint density at radius 2 is 1.36 bits per heavy atom. The molecule has 0 saturated carbocycles. The molecule has 1 aromatic carbocycles. The molecule has 0 aliphatic heterocycles. The van der Waals surface area contributed by atoms with Crippen molar-refractivity contribution in [1.82, 2.24) is 0 Å². The third kappa shape index (κ3) is 2.96. The summed E-state index contributed by atoms with van der Waals surface area (Å²) in [6.45, 7) is 7.16. The molecular formula is C32H53Hf. The molecule has 0 heterocycles. The summed E-state index contributed by atoms with van der Waals surface area (Å²) >= 11 is -5.65. The van der Waals surface area contributed by atoms with Crippen LogP contribution in [0.2, 0.25) is 36.4 Å². The summed E-state index contributed by atoms with van der Waals surface area (Å²) in [5.41, 5.74) is 6.85. The topological polar surface area (TPSA) is 0 Å². The third-order valence-corrected chi connectivity index (χ3v) is 58.7. The fourth-order valence-corrected chi connectivity index (χ4v) is 42.6. The van der Waals surface area contributed by atoms with E-state index in [1.807, 2.05) is 0 Å². The van der Waals surface area contributed by atoms with Crippen molar-refractivity contribution in [2.75, 3.05) is 0 Å². The first-order valence-corrected chi connectivity index (χ1v) is 43.1. The van der Waals surface area contributed by atoms with Gasteiger partial charge in [0.15, 0.2) is 0 Å². The Kier molecular flexibility index (Phi) is 3.70. The Morgan fingerprint density at radius 3 is 1.88 bits per heavy atom. The van der Waals surface area contributed by atoms with Crippen LogP contribution in [0.3, 0.4) is 0 Å². The van der Waals surface area contributed by atoms with Crippen LogP contribution in [0.15, 0.2) is 42.5 Å². The van der Waals surface area contributed by atoms with Gasteiger partial charge < -0.3 is 0 Å². The van der Waals surface area contributed by atoms with Crippen LogP contribution in [0.5, 0.6) is 0 Å². The normalized spacial score (nSPS) is 29.9. The van der Waals surface area contributed by atoms with Crippen molar-refractivity contribution >= 4 is 6.08 Å². The molecule has 185 valence electrons. The zero-order valence-electron chi connectivity index (χ0n) is 23.6. The summed E-state index contributed by atoms with van der Waals surface area (Å²) in [5, 5.41) is 0. The SMILES string of the molecule is CCCC[C]1([Hf]([CH3])([CH3])([CH3])([CH3])([CH3])([CH3])([CH3])[CH]2C=CC=C2)C=Cc2cc3c(cc21)CC(CC)(CC)C3. The Bertz CT molecular complexity index is 1170. The van der Waals surface area contributed by atoms with Gasteiger partial charge in [-0.3, -0.25) is 0 Å². The van der Waals surface area contributed by atoms with Crippen LogP contribution < -0.4 is 0 Å². The van der Waals surface area contributed by atoms with E-state index in [1.54, 1.807) is 16.7 Å². The molecule has 0 N–H and O–H groups in total. The van der Waals surface area contributed by atoms with Crippen LogP contribution in [-0.4, -0.2) is 0 Å². The zero-order valence-corrected chi connectivity index (χ0v) is 27.2. The molecule has 4 rings (SSSR count). The molecule has 0 bridgehead atoms. The van der Waals surface area contributed by atoms with Gasteiger partial charge in [0.2, 0.25) is 0 Å². The number of unbranched alkanes of at least 4 members (excludes halogenated alkanes) is 1. The average Bonchev–Trinajstić information content (AvgIpc) is 3.41. The second-order valence-electron chi connectivity index (χ2n) is 22.9. The van der Waals surface area contributed by atoms with Gasteiger partial charge in [-0.2, -0.15) is 0 Å². The van der Waals surface area contributed by atoms with E-state index in [-0.39, 0.29) is 3.17 Å². The molecule has 3 aliphatic rings. The van der Waals surface area contributed by atoms with E-state index in [9.17, 15) is 0 Å². The van der Waals surface area contributed by atoms with Crippen LogP contribution in [0.25, 0.3) is 6.08 Å². The van der Waals surface area contributed by atoms with E-state index in [1.165, 1.54) is 50.5 Å². The number of benzene rings is 1. The summed E-state index contributed by atoms with van der Waals surface area (Å²) in [5.74, 6) is 0. The molecule has 0 aromatic heterocycles. The first-order chi connectivity index (χ1) is 14.6. The van der Waals surface area contributed by atoms with Crippen LogP contribution >= 0.6 is 0 Å². The summed E-state index contributed by atoms with van der Waals surface area (Å²) in [7, 11) is 0. The average molecular weight is 616 g/mol. The Morgan fingerprint density at radius 1 is 0.818 bits per heavy atom. The van der Waals surface area contributed by atoms with Crippen LogP contribution in [-0.2, 0) is 28.6 Å². The van der Waals surface area contributed by atoms with E-state index in [0.29, 0.717) is 9.09 Å². The standard InChI is InChI=1S/C20H27.C5H5.7CH3.Hf/c1-4-7-8-15-9-10-16-11-17-13-20(5-2,6-3)14-18(17)12-19(15)16;1-2-4-5-3-1;;;;;;;;/h9-12H,4-8,13-14H2,1-3H3;1-5H;7*1H3;. The Hall–Kier alpha value is -0.690. The predicted molar refractivity (Wildman–Crippen MR) is 150 cm³/mol. The van der Waals surface area contributed by atoms with Gasteiger partial charge in [-0.15, -0.1) is 0 Å². The van der Waals surface area contributed by atoms with Gasteiger partial charge >= 0.3 is 194 Å². The van der Waals surface area contributed by atoms with Crippen molar-refractivity contribution in [2.24, 2.45) is 5.41 Å². The van der Waals surface area contributed by atoms with Gasteiger partial charge in [0.25, 0.3) is 0 Å². The fourth-order valence-electron chi connectivity index (χ4n) is 8.95. The fraction of sp³-hybridized carbons (Fsp3) is 0.625. The van der Waals surface area contributed by atoms with Crippen molar-refractivity contribution in [3.8, 4) is 0 Å². The van der Waals surface area contributed by atoms with E-state index in [0.717, 1.165) is 0 Å². The van der Waals surface area contributed by atoms with Crippen molar-refractivity contribution in [3.63, 3.8) is 0 Å². The molecule has 0 saturated heterocycles. The van der Waals surface area contributed by atoms with Gasteiger partial charge in [0.1, 0.15) is 0 Å². The van der Waals surface area contributed by atoms with Gasteiger partial charge in [0.05, 0.1) is 0 Å². The molecule has 3 aliphatic carbocycles. The van der Waals surface area contributed by atoms with Crippen molar-refractivity contribution in [1.29, 1.82) is 0 Å². The molecule has 0 radical (unpaired) electrons. The quantitative estimate of drug-likeness (QED) is 0.268. The van der Waals surface area contributed by atoms with Crippen molar-refractivity contribution < 1.29 is 12.6 Å². The minimum absolute atomic E-state index is 0.00467. The van der Waals surface area contributed by atoms with Crippen molar-refractivity contribution in [3.05, 3.63) is 64.8 Å². The summed E-state index contributed by atoms with van der Waals surface area (Å²) in [4.78, 5) is 0. The maximum atomic E-state index is 2.77. The molecule has 0 fully saturated rings. The third-order valence-electron chi connectivity index (χ3n) is 12.6. The maximum absolute atomic E-state index is 5.65. The molecule has 0 spiro atoms. The monoisotopic (exact) mass is 617 g/mol. The second-order valence-corrected chi connectivity index (χ2v) is 132. The summed E-state index contributed by atoms with van der Waals surface area (Å²) in [6, 6.07) is 5.30. The van der Waals surface area contributed by atoms with E-state index in [4.69, 9.17) is 0 Å². The predicted octanol–water partition coefficient (Wildman–Crippen LogP) is 11.1. The summed E-state index contributed by atoms with van der Waals surface area (Å²) < 4.78 is 19.8. The number of hydrogen-bond acceptors (Lipinski definition) is 0. The van der Waals surface area contributed by atoms with E-state index < -0.39 is 12.6 Å². The molecule has 1 unspecified atom stereocenters. The van der Waals surface area contributed by atoms with Crippen molar-refractivity contribution in [2.45, 2.75) is 105 Å². The number of rotatable bonds is 7. The Balaban J connectivity index is 2.11. The number of allylic oxidation sites excluding steroid dienone is 5. The van der Waals surface area contributed by atoms with Crippen LogP contribution in [0.1, 0.15) is 75.1 Å². The number of fused-ring (bicyclic) bond motifs is 2. The molecule has 1 atom stereocenters. The molecule has 1 heteroatoms.